The molecule has 160 valence electrons. The fourth-order valence-electron chi connectivity index (χ4n) is 2.61. The SMILES string of the molecule is O=C(CNc1n[nH]c(=O)[nH]c1=O)N/N=C/c1ccc(OCCCc2ccccc2)cc1. The molecule has 0 aliphatic carbocycles. The van der Waals surface area contributed by atoms with Crippen molar-refractivity contribution in [2.75, 3.05) is 18.5 Å². The van der Waals surface area contributed by atoms with E-state index in [0.29, 0.717) is 6.61 Å². The van der Waals surface area contributed by atoms with Crippen LogP contribution in [0.4, 0.5) is 5.82 Å². The molecule has 3 aromatic rings. The summed E-state index contributed by atoms with van der Waals surface area (Å²) in [4.78, 5) is 36.1. The van der Waals surface area contributed by atoms with E-state index in [2.05, 4.69) is 38.2 Å². The molecule has 0 spiro atoms. The standard InChI is InChI=1S/C21H22N6O4/c28-18(14-22-19-20(29)24-21(30)27-26-19)25-23-13-16-8-10-17(11-9-16)31-12-4-7-15-5-2-1-3-6-15/h1-3,5-6,8-11,13H,4,7,12,14H2,(H,22,26)(H,25,28)(H2,24,27,29,30)/b23-13+. The molecule has 3 rings (SSSR count). The van der Waals surface area contributed by atoms with Crippen molar-refractivity contribution in [1.82, 2.24) is 20.6 Å². The number of anilines is 1. The number of carbonyl (C=O) groups excluding carboxylic acids is 1. The maximum Gasteiger partial charge on any atom is 0.342 e. The Bertz CT molecular complexity index is 1120. The van der Waals surface area contributed by atoms with Gasteiger partial charge in [-0.1, -0.05) is 30.3 Å². The van der Waals surface area contributed by atoms with Crippen LogP contribution in [0.25, 0.3) is 0 Å². The number of ether oxygens (including phenoxy) is 1. The number of aromatic nitrogens is 3. The number of aryl methyl sites for hydroxylation is 1. The zero-order valence-corrected chi connectivity index (χ0v) is 16.6. The van der Waals surface area contributed by atoms with Crippen LogP contribution in [-0.4, -0.2) is 40.5 Å². The van der Waals surface area contributed by atoms with Crippen molar-refractivity contribution in [1.29, 1.82) is 0 Å². The minimum absolute atomic E-state index is 0.168. The number of hydrogen-bond donors (Lipinski definition) is 4. The van der Waals surface area contributed by atoms with Gasteiger partial charge in [0, 0.05) is 0 Å². The lowest BCUT2D eigenvalue weighted by Crippen LogP contribution is -2.31. The number of hydrazone groups is 1. The van der Waals surface area contributed by atoms with Gasteiger partial charge in [0.05, 0.1) is 19.4 Å². The number of rotatable bonds is 10. The predicted molar refractivity (Wildman–Crippen MR) is 116 cm³/mol. The van der Waals surface area contributed by atoms with Crippen molar-refractivity contribution in [2.24, 2.45) is 5.10 Å². The normalized spacial score (nSPS) is 10.7. The summed E-state index contributed by atoms with van der Waals surface area (Å²) in [6.45, 7) is 0.383. The molecule has 0 radical (unpaired) electrons. The van der Waals surface area contributed by atoms with Gasteiger partial charge in [-0.3, -0.25) is 14.6 Å². The Morgan fingerprint density at radius 3 is 2.61 bits per heavy atom. The number of aromatic amines is 2. The number of carbonyl (C=O) groups is 1. The average molecular weight is 422 g/mol. The molecule has 0 aliphatic rings. The van der Waals surface area contributed by atoms with Crippen LogP contribution in [0, 0.1) is 0 Å². The number of nitrogens with zero attached hydrogens (tertiary/aromatic N) is 2. The molecule has 4 N–H and O–H groups in total. The second kappa shape index (κ2) is 11.1. The third-order valence-electron chi connectivity index (χ3n) is 4.13. The second-order valence-electron chi connectivity index (χ2n) is 6.51. The van der Waals surface area contributed by atoms with Crippen LogP contribution in [0.3, 0.4) is 0 Å². The number of amides is 1. The van der Waals surface area contributed by atoms with Crippen LogP contribution in [-0.2, 0) is 11.2 Å². The first-order valence-electron chi connectivity index (χ1n) is 9.62. The van der Waals surface area contributed by atoms with Crippen LogP contribution in [0.15, 0.2) is 69.3 Å². The van der Waals surface area contributed by atoms with Crippen LogP contribution in [0.5, 0.6) is 5.75 Å². The molecular weight excluding hydrogens is 400 g/mol. The maximum absolute atomic E-state index is 11.8. The quantitative estimate of drug-likeness (QED) is 0.218. The van der Waals surface area contributed by atoms with E-state index >= 15 is 0 Å². The van der Waals surface area contributed by atoms with E-state index in [1.54, 1.807) is 0 Å². The number of benzene rings is 2. The van der Waals surface area contributed by atoms with Crippen molar-refractivity contribution >= 4 is 17.9 Å². The van der Waals surface area contributed by atoms with Crippen LogP contribution in [0.2, 0.25) is 0 Å². The van der Waals surface area contributed by atoms with E-state index < -0.39 is 17.2 Å². The Morgan fingerprint density at radius 1 is 1.10 bits per heavy atom. The monoisotopic (exact) mass is 422 g/mol. The molecule has 10 nitrogen and oxygen atoms in total. The van der Waals surface area contributed by atoms with Gasteiger partial charge in [0.15, 0.2) is 0 Å². The summed E-state index contributed by atoms with van der Waals surface area (Å²) in [5.74, 6) is 0.108. The molecule has 0 unspecified atom stereocenters. The van der Waals surface area contributed by atoms with Crippen LogP contribution >= 0.6 is 0 Å². The van der Waals surface area contributed by atoms with E-state index in [4.69, 9.17) is 4.74 Å². The molecule has 0 fully saturated rings. The minimum Gasteiger partial charge on any atom is -0.494 e. The smallest absolute Gasteiger partial charge is 0.342 e. The highest BCUT2D eigenvalue weighted by molar-refractivity contribution is 5.84. The fraction of sp³-hybridized carbons (Fsp3) is 0.190. The molecule has 1 heterocycles. The van der Waals surface area contributed by atoms with E-state index in [-0.39, 0.29) is 12.4 Å². The highest BCUT2D eigenvalue weighted by Crippen LogP contribution is 2.12. The van der Waals surface area contributed by atoms with Crippen molar-refractivity contribution < 1.29 is 9.53 Å². The molecule has 0 saturated carbocycles. The van der Waals surface area contributed by atoms with Gasteiger partial charge >= 0.3 is 5.69 Å². The molecule has 0 bridgehead atoms. The lowest BCUT2D eigenvalue weighted by Gasteiger charge is -2.06. The van der Waals surface area contributed by atoms with Gasteiger partial charge in [-0.15, -0.1) is 5.10 Å². The summed E-state index contributed by atoms with van der Waals surface area (Å²) >= 11 is 0. The van der Waals surface area contributed by atoms with Gasteiger partial charge < -0.3 is 10.1 Å². The lowest BCUT2D eigenvalue weighted by atomic mass is 10.1. The summed E-state index contributed by atoms with van der Waals surface area (Å²) in [5.41, 5.74) is 2.95. The van der Waals surface area contributed by atoms with Gasteiger partial charge in [-0.2, -0.15) is 5.10 Å². The third kappa shape index (κ3) is 7.28. The first-order chi connectivity index (χ1) is 15.1. The summed E-state index contributed by atoms with van der Waals surface area (Å²) < 4.78 is 5.74. The predicted octanol–water partition coefficient (Wildman–Crippen LogP) is 1.03. The molecule has 31 heavy (non-hydrogen) atoms. The highest BCUT2D eigenvalue weighted by Gasteiger charge is 2.04. The van der Waals surface area contributed by atoms with E-state index in [1.165, 1.54) is 11.8 Å². The van der Waals surface area contributed by atoms with Gasteiger partial charge in [0.25, 0.3) is 11.5 Å². The highest BCUT2D eigenvalue weighted by atomic mass is 16.5. The first-order valence-corrected chi connectivity index (χ1v) is 9.62. The molecule has 0 aliphatic heterocycles. The molecule has 2 aromatic carbocycles. The molecule has 1 aromatic heterocycles. The van der Waals surface area contributed by atoms with Crippen molar-refractivity contribution in [2.45, 2.75) is 12.8 Å². The van der Waals surface area contributed by atoms with Crippen LogP contribution < -0.4 is 26.7 Å². The lowest BCUT2D eigenvalue weighted by molar-refractivity contribution is -0.119. The molecule has 0 saturated heterocycles. The zero-order valence-electron chi connectivity index (χ0n) is 16.6. The summed E-state index contributed by atoms with van der Waals surface area (Å²) in [7, 11) is 0. The van der Waals surface area contributed by atoms with E-state index in [0.717, 1.165) is 24.2 Å². The number of hydrogen-bond acceptors (Lipinski definition) is 7. The second-order valence-corrected chi connectivity index (χ2v) is 6.51. The zero-order chi connectivity index (χ0) is 21.9. The minimum atomic E-state index is -0.729. The molecular formula is C21H22N6O4. The van der Waals surface area contributed by atoms with Crippen LogP contribution in [0.1, 0.15) is 17.5 Å². The van der Waals surface area contributed by atoms with Gasteiger partial charge in [-0.25, -0.2) is 15.3 Å². The topological polar surface area (TPSA) is 141 Å². The third-order valence-corrected chi connectivity index (χ3v) is 4.13. The summed E-state index contributed by atoms with van der Waals surface area (Å²) in [6.07, 6.45) is 3.38. The summed E-state index contributed by atoms with van der Waals surface area (Å²) in [5, 5.41) is 11.9. The van der Waals surface area contributed by atoms with Gasteiger partial charge in [-0.05, 0) is 48.2 Å². The Hall–Kier alpha value is -4.21. The van der Waals surface area contributed by atoms with Gasteiger partial charge in [0.2, 0.25) is 5.82 Å². The fourth-order valence-corrected chi connectivity index (χ4v) is 2.61. The largest absolute Gasteiger partial charge is 0.494 e. The molecule has 0 atom stereocenters. The summed E-state index contributed by atoms with van der Waals surface area (Å²) in [6, 6.07) is 17.6. The Balaban J connectivity index is 1.37. The molecule has 1 amide bonds. The van der Waals surface area contributed by atoms with E-state index in [9.17, 15) is 14.4 Å². The van der Waals surface area contributed by atoms with Gasteiger partial charge in [0.1, 0.15) is 5.75 Å². The Morgan fingerprint density at radius 2 is 1.87 bits per heavy atom. The van der Waals surface area contributed by atoms with Crippen molar-refractivity contribution in [3.8, 4) is 5.75 Å². The number of H-pyrrole nitrogens is 2. The average Bonchev–Trinajstić information content (AvgIpc) is 2.78. The Kier molecular flexibility index (Phi) is 7.70. The maximum atomic E-state index is 11.8. The van der Waals surface area contributed by atoms with E-state index in [1.807, 2.05) is 47.4 Å². The van der Waals surface area contributed by atoms with Crippen molar-refractivity contribution in [3.63, 3.8) is 0 Å². The van der Waals surface area contributed by atoms with Crippen molar-refractivity contribution in [3.05, 3.63) is 86.6 Å². The number of nitrogens with one attached hydrogen (secondary N) is 4. The molecule has 10 heteroatoms. The Labute approximate surface area is 177 Å². The first kappa shape index (κ1) is 21.5.